The molecule has 2 heterocycles. The van der Waals surface area contributed by atoms with Crippen LogP contribution >= 0.6 is 0 Å². The number of carbonyl (C=O) groups is 3. The summed E-state index contributed by atoms with van der Waals surface area (Å²) in [6.07, 6.45) is 0.791. The molecule has 2 aromatic rings. The van der Waals surface area contributed by atoms with Crippen molar-refractivity contribution in [3.05, 3.63) is 59.7 Å². The van der Waals surface area contributed by atoms with Crippen LogP contribution in [0.15, 0.2) is 48.5 Å². The van der Waals surface area contributed by atoms with Gasteiger partial charge in [0, 0.05) is 25.0 Å². The second kappa shape index (κ2) is 9.46. The van der Waals surface area contributed by atoms with Gasteiger partial charge in [-0.15, -0.1) is 0 Å². The number of fused-ring (bicyclic) bond motifs is 3. The number of carbonyl (C=O) groups excluding carboxylic acids is 2. The number of carboxylic acids is 1. The van der Waals surface area contributed by atoms with Gasteiger partial charge < -0.3 is 20.1 Å². The van der Waals surface area contributed by atoms with E-state index in [0.717, 1.165) is 41.8 Å². The summed E-state index contributed by atoms with van der Waals surface area (Å²) in [5, 5.41) is 11.8. The van der Waals surface area contributed by atoms with Crippen LogP contribution in [-0.4, -0.2) is 77.7 Å². The highest BCUT2D eigenvalue weighted by Gasteiger charge is 2.37. The van der Waals surface area contributed by atoms with Gasteiger partial charge in [-0.2, -0.15) is 0 Å². The third-order valence-electron chi connectivity index (χ3n) is 7.19. The Balaban J connectivity index is 1.22. The zero-order valence-corrected chi connectivity index (χ0v) is 19.0. The van der Waals surface area contributed by atoms with Gasteiger partial charge in [0.05, 0.1) is 6.42 Å². The molecule has 2 aromatic carbocycles. The first-order valence-corrected chi connectivity index (χ1v) is 11.9. The second-order valence-corrected chi connectivity index (χ2v) is 9.24. The fourth-order valence-electron chi connectivity index (χ4n) is 5.32. The van der Waals surface area contributed by atoms with Gasteiger partial charge in [0.1, 0.15) is 12.6 Å². The summed E-state index contributed by atoms with van der Waals surface area (Å²) < 4.78 is 5.53. The summed E-state index contributed by atoms with van der Waals surface area (Å²) in [5.74, 6) is -1.61. The van der Waals surface area contributed by atoms with Gasteiger partial charge >= 0.3 is 12.1 Å². The number of rotatable bonds is 7. The Morgan fingerprint density at radius 3 is 2.24 bits per heavy atom. The van der Waals surface area contributed by atoms with Crippen molar-refractivity contribution in [3.63, 3.8) is 0 Å². The van der Waals surface area contributed by atoms with Crippen LogP contribution in [0.5, 0.6) is 0 Å². The molecule has 8 heteroatoms. The monoisotopic (exact) mass is 463 g/mol. The minimum Gasteiger partial charge on any atom is -0.481 e. The van der Waals surface area contributed by atoms with Crippen molar-refractivity contribution in [2.75, 3.05) is 32.8 Å². The minimum absolute atomic E-state index is 0.106. The van der Waals surface area contributed by atoms with E-state index in [1.165, 1.54) is 6.42 Å². The van der Waals surface area contributed by atoms with Crippen molar-refractivity contribution in [2.45, 2.75) is 37.3 Å². The number of nitrogens with zero attached hydrogens (tertiary/aromatic N) is 2. The first-order chi connectivity index (χ1) is 16.5. The molecule has 34 heavy (non-hydrogen) atoms. The van der Waals surface area contributed by atoms with Gasteiger partial charge in [0.15, 0.2) is 0 Å². The molecule has 0 saturated carbocycles. The van der Waals surface area contributed by atoms with E-state index in [0.29, 0.717) is 19.1 Å². The topological polar surface area (TPSA) is 99.2 Å². The van der Waals surface area contributed by atoms with Crippen molar-refractivity contribution in [1.82, 2.24) is 15.1 Å². The second-order valence-electron chi connectivity index (χ2n) is 9.24. The number of aliphatic carboxylic acids is 1. The number of ether oxygens (including phenoxy) is 1. The number of likely N-dealkylation sites (tertiary alicyclic amines) is 2. The number of hydrogen-bond donors (Lipinski definition) is 2. The van der Waals surface area contributed by atoms with Gasteiger partial charge in [-0.1, -0.05) is 48.5 Å². The molecule has 2 aliphatic heterocycles. The van der Waals surface area contributed by atoms with E-state index in [-0.39, 0.29) is 18.4 Å². The Morgan fingerprint density at radius 1 is 1.00 bits per heavy atom. The highest BCUT2D eigenvalue weighted by Crippen LogP contribution is 2.44. The summed E-state index contributed by atoms with van der Waals surface area (Å²) in [6.45, 7) is 3.34. The molecular formula is C26H29N3O5. The first-order valence-electron chi connectivity index (χ1n) is 11.9. The Kier molecular flexibility index (Phi) is 6.24. The van der Waals surface area contributed by atoms with Crippen LogP contribution in [0.1, 0.15) is 36.3 Å². The van der Waals surface area contributed by atoms with Crippen molar-refractivity contribution >= 4 is 18.0 Å². The highest BCUT2D eigenvalue weighted by atomic mass is 16.5. The first kappa shape index (κ1) is 22.4. The molecule has 3 aliphatic rings. The maximum absolute atomic E-state index is 13.1. The lowest BCUT2D eigenvalue weighted by atomic mass is 9.98. The fourth-order valence-corrected chi connectivity index (χ4v) is 5.32. The molecule has 0 bridgehead atoms. The van der Waals surface area contributed by atoms with Crippen LogP contribution in [0.4, 0.5) is 4.79 Å². The highest BCUT2D eigenvalue weighted by molar-refractivity contribution is 5.89. The van der Waals surface area contributed by atoms with Crippen molar-refractivity contribution in [2.24, 2.45) is 0 Å². The van der Waals surface area contributed by atoms with Crippen LogP contribution in [-0.2, 0) is 14.3 Å². The zero-order valence-electron chi connectivity index (χ0n) is 19.0. The van der Waals surface area contributed by atoms with Gasteiger partial charge in [0.25, 0.3) is 0 Å². The Labute approximate surface area is 198 Å². The number of nitrogens with one attached hydrogen (secondary N) is 1. The summed E-state index contributed by atoms with van der Waals surface area (Å²) in [6, 6.07) is 15.2. The Bertz CT molecular complexity index is 1050. The van der Waals surface area contributed by atoms with Crippen molar-refractivity contribution < 1.29 is 24.2 Å². The van der Waals surface area contributed by atoms with E-state index in [4.69, 9.17) is 4.74 Å². The smallest absolute Gasteiger partial charge is 0.407 e. The van der Waals surface area contributed by atoms with Crippen LogP contribution in [0.2, 0.25) is 0 Å². The van der Waals surface area contributed by atoms with E-state index in [1.807, 2.05) is 36.4 Å². The predicted octanol–water partition coefficient (Wildman–Crippen LogP) is 2.68. The SMILES string of the molecule is O=C(O)CC(NC(=O)OCC1c2ccccc2-c2ccccc21)C(=O)N1CCC(N2CCC2)C1. The molecule has 2 atom stereocenters. The van der Waals surface area contributed by atoms with Crippen LogP contribution < -0.4 is 5.32 Å². The molecule has 2 amide bonds. The molecule has 1 aliphatic carbocycles. The minimum atomic E-state index is -1.15. The number of carboxylic acid groups (broad SMARTS) is 1. The van der Waals surface area contributed by atoms with Crippen LogP contribution in [0.25, 0.3) is 11.1 Å². The van der Waals surface area contributed by atoms with Gasteiger partial charge in [0.2, 0.25) is 5.91 Å². The van der Waals surface area contributed by atoms with Crippen molar-refractivity contribution in [1.29, 1.82) is 0 Å². The summed E-state index contributed by atoms with van der Waals surface area (Å²) >= 11 is 0. The molecule has 8 nitrogen and oxygen atoms in total. The quantitative estimate of drug-likeness (QED) is 0.655. The van der Waals surface area contributed by atoms with Crippen LogP contribution in [0, 0.1) is 0 Å². The Hall–Kier alpha value is -3.39. The number of alkyl carbamates (subject to hydrolysis) is 1. The van der Waals surface area contributed by atoms with E-state index in [1.54, 1.807) is 4.90 Å². The third-order valence-corrected chi connectivity index (χ3v) is 7.19. The average molecular weight is 464 g/mol. The summed E-state index contributed by atoms with van der Waals surface area (Å²) in [7, 11) is 0. The van der Waals surface area contributed by atoms with E-state index in [2.05, 4.69) is 22.3 Å². The largest absolute Gasteiger partial charge is 0.481 e. The van der Waals surface area contributed by atoms with Gasteiger partial charge in [-0.05, 0) is 48.2 Å². The lowest BCUT2D eigenvalue weighted by Crippen LogP contribution is -2.51. The fraction of sp³-hybridized carbons (Fsp3) is 0.423. The molecule has 5 rings (SSSR count). The molecule has 0 aromatic heterocycles. The summed E-state index contributed by atoms with van der Waals surface area (Å²) in [5.41, 5.74) is 4.42. The molecular weight excluding hydrogens is 434 g/mol. The average Bonchev–Trinajstić information content (AvgIpc) is 3.39. The molecule has 178 valence electrons. The van der Waals surface area contributed by atoms with E-state index < -0.39 is 24.5 Å². The standard InChI is InChI=1S/C26H29N3O5/c30-24(31)14-23(25(32)29-13-10-17(15-29)28-11-5-12-28)27-26(33)34-16-22-20-8-3-1-6-18(20)19-7-2-4-9-21(19)22/h1-4,6-9,17,22-23H,5,10-16H2,(H,27,33)(H,30,31). The number of benzene rings is 2. The molecule has 2 N–H and O–H groups in total. The third kappa shape index (κ3) is 4.37. The normalized spacial score (nSPS) is 20.2. The Morgan fingerprint density at radius 2 is 1.65 bits per heavy atom. The van der Waals surface area contributed by atoms with E-state index in [9.17, 15) is 19.5 Å². The molecule has 2 unspecified atom stereocenters. The maximum atomic E-state index is 13.1. The number of amides is 2. The number of hydrogen-bond acceptors (Lipinski definition) is 5. The lowest BCUT2D eigenvalue weighted by molar-refractivity contribution is -0.142. The summed E-state index contributed by atoms with van der Waals surface area (Å²) in [4.78, 5) is 41.1. The predicted molar refractivity (Wildman–Crippen MR) is 125 cm³/mol. The van der Waals surface area contributed by atoms with E-state index >= 15 is 0 Å². The van der Waals surface area contributed by atoms with Crippen LogP contribution in [0.3, 0.4) is 0 Å². The maximum Gasteiger partial charge on any atom is 0.407 e. The molecule has 2 fully saturated rings. The van der Waals surface area contributed by atoms with Crippen molar-refractivity contribution in [3.8, 4) is 11.1 Å². The van der Waals surface area contributed by atoms with Gasteiger partial charge in [-0.3, -0.25) is 14.5 Å². The van der Waals surface area contributed by atoms with Gasteiger partial charge in [-0.25, -0.2) is 4.79 Å². The molecule has 2 saturated heterocycles. The lowest BCUT2D eigenvalue weighted by Gasteiger charge is -2.36. The molecule has 0 spiro atoms. The molecule has 0 radical (unpaired) electrons. The zero-order chi connectivity index (χ0) is 23.7.